The lowest BCUT2D eigenvalue weighted by Gasteiger charge is -2.22. The molecule has 1 atom stereocenters. The van der Waals surface area contributed by atoms with Crippen LogP contribution >= 0.6 is 0 Å². The molecule has 6 heteroatoms. The Balaban J connectivity index is 2.50. The number of benzene rings is 1. The molecular formula is C17H24N2O4. The Hall–Kier alpha value is -2.37. The maximum atomic E-state index is 11.9. The molecule has 0 saturated heterocycles. The zero-order chi connectivity index (χ0) is 17.5. The zero-order valence-corrected chi connectivity index (χ0v) is 13.8. The summed E-state index contributed by atoms with van der Waals surface area (Å²) in [7, 11) is 0. The first-order valence-corrected chi connectivity index (χ1v) is 7.54. The van der Waals surface area contributed by atoms with Crippen LogP contribution in [0.25, 0.3) is 0 Å². The Bertz CT molecular complexity index is 549. The van der Waals surface area contributed by atoms with E-state index in [2.05, 4.69) is 10.6 Å². The summed E-state index contributed by atoms with van der Waals surface area (Å²) >= 11 is 0. The molecule has 126 valence electrons. The predicted octanol–water partition coefficient (Wildman–Crippen LogP) is 1.49. The van der Waals surface area contributed by atoms with Crippen molar-refractivity contribution in [3.63, 3.8) is 0 Å². The summed E-state index contributed by atoms with van der Waals surface area (Å²) < 4.78 is 0. The normalized spacial score (nSPS) is 12.3. The van der Waals surface area contributed by atoms with Gasteiger partial charge >= 0.3 is 5.97 Å². The fourth-order valence-corrected chi connectivity index (χ4v) is 2.02. The second-order valence-electron chi connectivity index (χ2n) is 6.45. The van der Waals surface area contributed by atoms with E-state index in [0.29, 0.717) is 6.42 Å². The minimum Gasteiger partial charge on any atom is -0.480 e. The van der Waals surface area contributed by atoms with E-state index < -0.39 is 23.5 Å². The zero-order valence-electron chi connectivity index (χ0n) is 13.8. The topological polar surface area (TPSA) is 95.5 Å². The molecule has 1 aromatic carbocycles. The second kappa shape index (κ2) is 8.31. The summed E-state index contributed by atoms with van der Waals surface area (Å²) in [6, 6.07) is 8.23. The number of hydrogen-bond acceptors (Lipinski definition) is 3. The molecule has 0 aliphatic rings. The Kier molecular flexibility index (Phi) is 6.75. The molecule has 2 amide bonds. The summed E-state index contributed by atoms with van der Waals surface area (Å²) in [4.78, 5) is 34.9. The SMILES string of the molecule is CC(C)(C)NC(=O)C[C@H](NC(=O)CCc1ccccc1)C(=O)O. The van der Waals surface area contributed by atoms with Crippen LogP contribution in [0.5, 0.6) is 0 Å². The molecule has 0 aliphatic heterocycles. The number of carboxylic acid groups (broad SMARTS) is 1. The molecule has 1 aromatic rings. The summed E-state index contributed by atoms with van der Waals surface area (Å²) in [5, 5.41) is 14.2. The van der Waals surface area contributed by atoms with E-state index in [0.717, 1.165) is 5.56 Å². The molecule has 0 bridgehead atoms. The van der Waals surface area contributed by atoms with E-state index in [4.69, 9.17) is 5.11 Å². The molecule has 1 rings (SSSR count). The van der Waals surface area contributed by atoms with Crippen molar-refractivity contribution in [1.82, 2.24) is 10.6 Å². The summed E-state index contributed by atoms with van der Waals surface area (Å²) in [5.41, 5.74) is 0.553. The van der Waals surface area contributed by atoms with Crippen molar-refractivity contribution >= 4 is 17.8 Å². The second-order valence-corrected chi connectivity index (χ2v) is 6.45. The number of aryl methyl sites for hydroxylation is 1. The molecule has 0 aromatic heterocycles. The molecule has 3 N–H and O–H groups in total. The van der Waals surface area contributed by atoms with E-state index >= 15 is 0 Å². The van der Waals surface area contributed by atoms with Gasteiger partial charge in [0.1, 0.15) is 6.04 Å². The van der Waals surface area contributed by atoms with E-state index in [1.165, 1.54) is 0 Å². The van der Waals surface area contributed by atoms with Gasteiger partial charge in [0.15, 0.2) is 0 Å². The summed E-state index contributed by atoms with van der Waals surface area (Å²) in [5.74, 6) is -2.01. The smallest absolute Gasteiger partial charge is 0.326 e. The van der Waals surface area contributed by atoms with Crippen molar-refractivity contribution < 1.29 is 19.5 Å². The highest BCUT2D eigenvalue weighted by Crippen LogP contribution is 2.04. The molecule has 6 nitrogen and oxygen atoms in total. The van der Waals surface area contributed by atoms with Crippen LogP contribution in [0.1, 0.15) is 39.2 Å². The molecule has 0 spiro atoms. The van der Waals surface area contributed by atoms with E-state index in [-0.39, 0.29) is 18.7 Å². The van der Waals surface area contributed by atoms with Crippen LogP contribution in [0.3, 0.4) is 0 Å². The number of rotatable bonds is 7. The van der Waals surface area contributed by atoms with Gasteiger partial charge in [-0.3, -0.25) is 9.59 Å². The Morgan fingerprint density at radius 3 is 2.22 bits per heavy atom. The highest BCUT2D eigenvalue weighted by atomic mass is 16.4. The van der Waals surface area contributed by atoms with Gasteiger partial charge in [-0.25, -0.2) is 4.79 Å². The molecule has 0 saturated carbocycles. The number of carbonyl (C=O) groups is 3. The Morgan fingerprint density at radius 1 is 1.09 bits per heavy atom. The highest BCUT2D eigenvalue weighted by molar-refractivity contribution is 5.88. The third-order valence-electron chi connectivity index (χ3n) is 3.02. The molecule has 23 heavy (non-hydrogen) atoms. The Labute approximate surface area is 136 Å². The van der Waals surface area contributed by atoms with Crippen LogP contribution in [0, 0.1) is 0 Å². The molecule has 0 heterocycles. The van der Waals surface area contributed by atoms with Gasteiger partial charge in [-0.15, -0.1) is 0 Å². The van der Waals surface area contributed by atoms with Crippen molar-refractivity contribution in [2.75, 3.05) is 0 Å². The van der Waals surface area contributed by atoms with Gasteiger partial charge < -0.3 is 15.7 Å². The van der Waals surface area contributed by atoms with Crippen molar-refractivity contribution in [1.29, 1.82) is 0 Å². The van der Waals surface area contributed by atoms with Crippen LogP contribution in [-0.4, -0.2) is 34.5 Å². The van der Waals surface area contributed by atoms with Crippen molar-refractivity contribution in [3.05, 3.63) is 35.9 Å². The average molecular weight is 320 g/mol. The van der Waals surface area contributed by atoms with Crippen LogP contribution < -0.4 is 10.6 Å². The first-order valence-electron chi connectivity index (χ1n) is 7.54. The lowest BCUT2D eigenvalue weighted by molar-refractivity contribution is -0.143. The summed E-state index contributed by atoms with van der Waals surface area (Å²) in [6.07, 6.45) is 0.408. The van der Waals surface area contributed by atoms with Crippen LogP contribution in [0.2, 0.25) is 0 Å². The molecular weight excluding hydrogens is 296 g/mol. The monoisotopic (exact) mass is 320 g/mol. The van der Waals surface area contributed by atoms with Gasteiger partial charge in [0.05, 0.1) is 6.42 Å². The van der Waals surface area contributed by atoms with Crippen molar-refractivity contribution in [2.24, 2.45) is 0 Å². The largest absolute Gasteiger partial charge is 0.480 e. The van der Waals surface area contributed by atoms with Gasteiger partial charge in [-0.1, -0.05) is 30.3 Å². The fourth-order valence-electron chi connectivity index (χ4n) is 2.02. The average Bonchev–Trinajstić information content (AvgIpc) is 2.43. The predicted molar refractivity (Wildman–Crippen MR) is 86.8 cm³/mol. The lowest BCUT2D eigenvalue weighted by Crippen LogP contribution is -2.47. The van der Waals surface area contributed by atoms with Gasteiger partial charge in [-0.05, 0) is 32.8 Å². The molecule has 0 radical (unpaired) electrons. The van der Waals surface area contributed by atoms with Gasteiger partial charge in [0, 0.05) is 12.0 Å². The highest BCUT2D eigenvalue weighted by Gasteiger charge is 2.25. The van der Waals surface area contributed by atoms with E-state index in [9.17, 15) is 14.4 Å². The van der Waals surface area contributed by atoms with E-state index in [1.807, 2.05) is 30.3 Å². The van der Waals surface area contributed by atoms with Gasteiger partial charge in [-0.2, -0.15) is 0 Å². The summed E-state index contributed by atoms with van der Waals surface area (Å²) in [6.45, 7) is 5.41. The fraction of sp³-hybridized carbons (Fsp3) is 0.471. The number of carbonyl (C=O) groups excluding carboxylic acids is 2. The minimum atomic E-state index is -1.22. The van der Waals surface area contributed by atoms with Crippen molar-refractivity contribution in [2.45, 2.75) is 51.6 Å². The Morgan fingerprint density at radius 2 is 1.70 bits per heavy atom. The van der Waals surface area contributed by atoms with Crippen LogP contribution in [-0.2, 0) is 20.8 Å². The third kappa shape index (κ3) is 7.99. The first-order chi connectivity index (χ1) is 10.7. The lowest BCUT2D eigenvalue weighted by atomic mass is 10.1. The maximum absolute atomic E-state index is 11.9. The minimum absolute atomic E-state index is 0.175. The van der Waals surface area contributed by atoms with Crippen LogP contribution in [0.4, 0.5) is 0 Å². The quantitative estimate of drug-likeness (QED) is 0.709. The number of hydrogen-bond donors (Lipinski definition) is 3. The molecule has 0 unspecified atom stereocenters. The van der Waals surface area contributed by atoms with Crippen LogP contribution in [0.15, 0.2) is 30.3 Å². The number of amides is 2. The maximum Gasteiger partial charge on any atom is 0.326 e. The third-order valence-corrected chi connectivity index (χ3v) is 3.02. The number of carboxylic acids is 1. The molecule has 0 fully saturated rings. The van der Waals surface area contributed by atoms with Crippen molar-refractivity contribution in [3.8, 4) is 0 Å². The molecule has 0 aliphatic carbocycles. The standard InChI is InChI=1S/C17H24N2O4/c1-17(2,3)19-15(21)11-13(16(22)23)18-14(20)10-9-12-7-5-4-6-8-12/h4-8,13H,9-11H2,1-3H3,(H,18,20)(H,19,21)(H,22,23)/t13-/m0/s1. The van der Waals surface area contributed by atoms with Gasteiger partial charge in [0.2, 0.25) is 11.8 Å². The van der Waals surface area contributed by atoms with Gasteiger partial charge in [0.25, 0.3) is 0 Å². The number of aliphatic carboxylic acids is 1. The van der Waals surface area contributed by atoms with E-state index in [1.54, 1.807) is 20.8 Å². The number of nitrogens with one attached hydrogen (secondary N) is 2. The first kappa shape index (κ1) is 18.7.